The molecule has 0 aliphatic rings. The first-order chi connectivity index (χ1) is 9.49. The number of aryl methyl sites for hydroxylation is 1. The third kappa shape index (κ3) is 3.23. The lowest BCUT2D eigenvalue weighted by atomic mass is 10.0. The Hall–Kier alpha value is -1.74. The fourth-order valence-electron chi connectivity index (χ4n) is 2.03. The molecule has 1 N–H and O–H groups in total. The van der Waals surface area contributed by atoms with Crippen molar-refractivity contribution in [3.05, 3.63) is 59.2 Å². The molecule has 2 aromatic carbocycles. The molecule has 0 saturated heterocycles. The molecule has 0 amide bonds. The lowest BCUT2D eigenvalue weighted by Gasteiger charge is -2.10. The number of rotatable bonds is 4. The molecule has 0 atom stereocenters. The SMILES string of the molecule is Cc1ccc(F)c(-c2ccc(CNC(C)C)cc2)c1F. The van der Waals surface area contributed by atoms with Crippen LogP contribution in [0.5, 0.6) is 0 Å². The van der Waals surface area contributed by atoms with Crippen molar-refractivity contribution in [2.45, 2.75) is 33.4 Å². The maximum atomic E-state index is 14.1. The summed E-state index contributed by atoms with van der Waals surface area (Å²) in [6, 6.07) is 10.5. The van der Waals surface area contributed by atoms with Gasteiger partial charge in [-0.3, -0.25) is 0 Å². The molecule has 106 valence electrons. The molecule has 0 unspecified atom stereocenters. The molecule has 0 aliphatic heterocycles. The standard InChI is InChI=1S/C17H19F2N/c1-11(2)20-10-13-5-7-14(8-6-13)16-15(18)9-4-12(3)17(16)19/h4-9,11,20H,10H2,1-3H3. The second kappa shape index (κ2) is 6.14. The normalized spacial score (nSPS) is 11.1. The summed E-state index contributed by atoms with van der Waals surface area (Å²) in [4.78, 5) is 0. The summed E-state index contributed by atoms with van der Waals surface area (Å²) in [5.74, 6) is -1.01. The molecule has 0 spiro atoms. The van der Waals surface area contributed by atoms with Crippen molar-refractivity contribution in [2.24, 2.45) is 0 Å². The summed E-state index contributed by atoms with van der Waals surface area (Å²) in [6.07, 6.45) is 0. The number of nitrogens with one attached hydrogen (secondary N) is 1. The lowest BCUT2D eigenvalue weighted by Crippen LogP contribution is -2.21. The third-order valence-electron chi connectivity index (χ3n) is 3.24. The van der Waals surface area contributed by atoms with Crippen molar-refractivity contribution in [3.63, 3.8) is 0 Å². The van der Waals surface area contributed by atoms with Crippen LogP contribution >= 0.6 is 0 Å². The van der Waals surface area contributed by atoms with Crippen LogP contribution < -0.4 is 5.32 Å². The Morgan fingerprint density at radius 2 is 1.65 bits per heavy atom. The zero-order valence-electron chi connectivity index (χ0n) is 12.0. The summed E-state index contributed by atoms with van der Waals surface area (Å²) in [5.41, 5.74) is 2.16. The van der Waals surface area contributed by atoms with Crippen LogP contribution in [0.1, 0.15) is 25.0 Å². The van der Waals surface area contributed by atoms with E-state index in [1.807, 2.05) is 12.1 Å². The largest absolute Gasteiger partial charge is 0.310 e. The second-order valence-corrected chi connectivity index (χ2v) is 5.29. The van der Waals surface area contributed by atoms with Gasteiger partial charge in [0.15, 0.2) is 0 Å². The first-order valence-corrected chi connectivity index (χ1v) is 6.76. The quantitative estimate of drug-likeness (QED) is 0.870. The van der Waals surface area contributed by atoms with Crippen LogP contribution in [-0.4, -0.2) is 6.04 Å². The maximum Gasteiger partial charge on any atom is 0.136 e. The highest BCUT2D eigenvalue weighted by atomic mass is 19.1. The maximum absolute atomic E-state index is 14.1. The van der Waals surface area contributed by atoms with Crippen molar-refractivity contribution >= 4 is 0 Å². The molecule has 0 aromatic heterocycles. The topological polar surface area (TPSA) is 12.0 Å². The van der Waals surface area contributed by atoms with Gasteiger partial charge in [0.25, 0.3) is 0 Å². The highest BCUT2D eigenvalue weighted by Crippen LogP contribution is 2.28. The Bertz CT molecular complexity index is 589. The van der Waals surface area contributed by atoms with E-state index in [9.17, 15) is 8.78 Å². The molecule has 0 radical (unpaired) electrons. The highest BCUT2D eigenvalue weighted by Gasteiger charge is 2.13. The molecule has 0 bridgehead atoms. The van der Waals surface area contributed by atoms with E-state index in [0.29, 0.717) is 17.2 Å². The van der Waals surface area contributed by atoms with Gasteiger partial charge in [-0.05, 0) is 29.7 Å². The van der Waals surface area contributed by atoms with Gasteiger partial charge in [0.2, 0.25) is 0 Å². The van der Waals surface area contributed by atoms with E-state index in [0.717, 1.165) is 12.1 Å². The van der Waals surface area contributed by atoms with Crippen molar-refractivity contribution in [1.82, 2.24) is 5.32 Å². The Balaban J connectivity index is 2.29. The van der Waals surface area contributed by atoms with Crippen molar-refractivity contribution in [3.8, 4) is 11.1 Å². The fourth-order valence-corrected chi connectivity index (χ4v) is 2.03. The van der Waals surface area contributed by atoms with Crippen LogP contribution in [0.25, 0.3) is 11.1 Å². The first-order valence-electron chi connectivity index (χ1n) is 6.76. The highest BCUT2D eigenvalue weighted by molar-refractivity contribution is 5.66. The van der Waals surface area contributed by atoms with E-state index in [4.69, 9.17) is 0 Å². The zero-order valence-corrected chi connectivity index (χ0v) is 12.0. The second-order valence-electron chi connectivity index (χ2n) is 5.29. The van der Waals surface area contributed by atoms with E-state index < -0.39 is 11.6 Å². The molecular weight excluding hydrogens is 256 g/mol. The molecular formula is C17H19F2N. The fraction of sp³-hybridized carbons (Fsp3) is 0.294. The molecule has 2 rings (SSSR count). The van der Waals surface area contributed by atoms with E-state index >= 15 is 0 Å². The number of hydrogen-bond acceptors (Lipinski definition) is 1. The predicted octanol–water partition coefficient (Wildman–Crippen LogP) is 4.44. The summed E-state index contributed by atoms with van der Waals surface area (Å²) in [7, 11) is 0. The molecule has 0 saturated carbocycles. The minimum atomic E-state index is -0.527. The number of benzene rings is 2. The first kappa shape index (κ1) is 14.7. The van der Waals surface area contributed by atoms with Crippen molar-refractivity contribution in [1.29, 1.82) is 0 Å². The van der Waals surface area contributed by atoms with Gasteiger partial charge in [0.05, 0.1) is 5.56 Å². The molecule has 0 aliphatic carbocycles. The molecule has 2 aromatic rings. The van der Waals surface area contributed by atoms with Crippen LogP contribution in [0.4, 0.5) is 8.78 Å². The van der Waals surface area contributed by atoms with Gasteiger partial charge < -0.3 is 5.32 Å². The molecule has 1 nitrogen and oxygen atoms in total. The average molecular weight is 275 g/mol. The number of halogens is 2. The van der Waals surface area contributed by atoms with Gasteiger partial charge in [-0.15, -0.1) is 0 Å². The van der Waals surface area contributed by atoms with Gasteiger partial charge >= 0.3 is 0 Å². The predicted molar refractivity (Wildman–Crippen MR) is 78.5 cm³/mol. The average Bonchev–Trinajstić information content (AvgIpc) is 2.42. The van der Waals surface area contributed by atoms with Crippen molar-refractivity contribution in [2.75, 3.05) is 0 Å². The zero-order chi connectivity index (χ0) is 14.7. The van der Waals surface area contributed by atoms with Gasteiger partial charge in [0.1, 0.15) is 11.6 Å². The summed E-state index contributed by atoms with van der Waals surface area (Å²) >= 11 is 0. The van der Waals surface area contributed by atoms with Crippen molar-refractivity contribution < 1.29 is 8.78 Å². The van der Waals surface area contributed by atoms with Gasteiger partial charge in [-0.1, -0.05) is 44.2 Å². The van der Waals surface area contributed by atoms with Gasteiger partial charge in [-0.2, -0.15) is 0 Å². The van der Waals surface area contributed by atoms with Crippen LogP contribution in [0.2, 0.25) is 0 Å². The monoisotopic (exact) mass is 275 g/mol. The Morgan fingerprint density at radius 1 is 1.00 bits per heavy atom. The van der Waals surface area contributed by atoms with Crippen LogP contribution in [0, 0.1) is 18.6 Å². The van der Waals surface area contributed by atoms with E-state index in [1.165, 1.54) is 12.1 Å². The Kier molecular flexibility index (Phi) is 4.50. The van der Waals surface area contributed by atoms with Gasteiger partial charge in [0, 0.05) is 12.6 Å². The minimum Gasteiger partial charge on any atom is -0.310 e. The van der Waals surface area contributed by atoms with E-state index in [-0.39, 0.29) is 5.56 Å². The lowest BCUT2D eigenvalue weighted by molar-refractivity contribution is 0.583. The molecule has 0 heterocycles. The van der Waals surface area contributed by atoms with E-state index in [2.05, 4.69) is 19.2 Å². The van der Waals surface area contributed by atoms with Crippen LogP contribution in [0.3, 0.4) is 0 Å². The molecule has 20 heavy (non-hydrogen) atoms. The summed E-state index contributed by atoms with van der Waals surface area (Å²) in [6.45, 7) is 6.54. The van der Waals surface area contributed by atoms with Crippen LogP contribution in [0.15, 0.2) is 36.4 Å². The Morgan fingerprint density at radius 3 is 2.25 bits per heavy atom. The number of hydrogen-bond donors (Lipinski definition) is 1. The minimum absolute atomic E-state index is 0.0494. The summed E-state index contributed by atoms with van der Waals surface area (Å²) < 4.78 is 27.9. The van der Waals surface area contributed by atoms with Gasteiger partial charge in [-0.25, -0.2) is 8.78 Å². The Labute approximate surface area is 118 Å². The molecule has 0 fully saturated rings. The molecule has 3 heteroatoms. The third-order valence-corrected chi connectivity index (χ3v) is 3.24. The summed E-state index contributed by atoms with van der Waals surface area (Å²) in [5, 5.41) is 3.30. The van der Waals surface area contributed by atoms with E-state index in [1.54, 1.807) is 19.1 Å². The van der Waals surface area contributed by atoms with Crippen LogP contribution in [-0.2, 0) is 6.54 Å². The smallest absolute Gasteiger partial charge is 0.136 e.